The van der Waals surface area contributed by atoms with E-state index < -0.39 is 0 Å². The minimum atomic E-state index is -0.298. The summed E-state index contributed by atoms with van der Waals surface area (Å²) >= 11 is 6.05. The minimum absolute atomic E-state index is 0.0700. The molecule has 2 heterocycles. The smallest absolute Gasteiger partial charge is 0.258 e. The Hall–Kier alpha value is -2.77. The van der Waals surface area contributed by atoms with Gasteiger partial charge in [0.05, 0.1) is 12.6 Å². The summed E-state index contributed by atoms with van der Waals surface area (Å²) in [4.78, 5) is 17.4. The number of ether oxygens (including phenoxy) is 3. The van der Waals surface area contributed by atoms with E-state index in [1.165, 1.54) is 0 Å². The molecule has 2 aliphatic heterocycles. The molecule has 1 fully saturated rings. The van der Waals surface area contributed by atoms with Gasteiger partial charge in [0.2, 0.25) is 12.8 Å². The number of carbonyl (C=O) groups is 1. The third-order valence-electron chi connectivity index (χ3n) is 4.79. The van der Waals surface area contributed by atoms with Crippen molar-refractivity contribution >= 4 is 29.2 Å². The Morgan fingerprint density at radius 3 is 2.86 bits per heavy atom. The van der Waals surface area contributed by atoms with Gasteiger partial charge in [-0.1, -0.05) is 11.6 Å². The van der Waals surface area contributed by atoms with Crippen LogP contribution in [-0.4, -0.2) is 37.9 Å². The summed E-state index contributed by atoms with van der Waals surface area (Å²) in [6.07, 6.45) is 2.07. The molecule has 0 aliphatic carbocycles. The van der Waals surface area contributed by atoms with Crippen LogP contribution >= 0.6 is 11.6 Å². The van der Waals surface area contributed by atoms with Crippen molar-refractivity contribution in [2.45, 2.75) is 25.9 Å². The Kier molecular flexibility index (Phi) is 5.87. The largest absolute Gasteiger partial charge is 0.454 e. The standard InChI is InChI=1S/C21H22ClN3O4/c1-13-9-15(22)5-6-17(13)24-21(23-11-16-3-2-8-27-16)25-20(26)14-4-7-18-19(10-14)29-12-28-18/h4-7,9-10,16H,2-3,8,11-12H2,1H3,(H2,23,24,25,26)/t16-/m0/s1. The van der Waals surface area contributed by atoms with Gasteiger partial charge < -0.3 is 19.5 Å². The van der Waals surface area contributed by atoms with E-state index in [1.807, 2.05) is 19.1 Å². The highest BCUT2D eigenvalue weighted by molar-refractivity contribution is 6.30. The van der Waals surface area contributed by atoms with E-state index in [4.69, 9.17) is 25.8 Å². The van der Waals surface area contributed by atoms with Crippen LogP contribution in [0.15, 0.2) is 41.4 Å². The molecule has 0 spiro atoms. The lowest BCUT2D eigenvalue weighted by molar-refractivity contribution is 0.0975. The van der Waals surface area contributed by atoms with E-state index in [-0.39, 0.29) is 18.8 Å². The lowest BCUT2D eigenvalue weighted by atomic mass is 10.2. The normalized spacial score (nSPS) is 18.0. The number of aliphatic imine (C=N–C) groups is 1. The van der Waals surface area contributed by atoms with Gasteiger partial charge in [-0.2, -0.15) is 0 Å². The number of anilines is 1. The van der Waals surface area contributed by atoms with Crippen LogP contribution in [0, 0.1) is 6.92 Å². The van der Waals surface area contributed by atoms with E-state index in [0.29, 0.717) is 34.6 Å². The molecule has 0 aromatic heterocycles. The van der Waals surface area contributed by atoms with E-state index in [1.54, 1.807) is 24.3 Å². The molecule has 29 heavy (non-hydrogen) atoms. The summed E-state index contributed by atoms with van der Waals surface area (Å²) in [5.41, 5.74) is 2.21. The van der Waals surface area contributed by atoms with E-state index >= 15 is 0 Å². The van der Waals surface area contributed by atoms with Crippen LogP contribution in [0.2, 0.25) is 5.02 Å². The first-order valence-corrected chi connectivity index (χ1v) is 9.86. The number of hydrogen-bond donors (Lipinski definition) is 2. The fraction of sp³-hybridized carbons (Fsp3) is 0.333. The average Bonchev–Trinajstić information content (AvgIpc) is 3.39. The predicted octanol–water partition coefficient (Wildman–Crippen LogP) is 3.75. The maximum Gasteiger partial charge on any atom is 0.258 e. The van der Waals surface area contributed by atoms with Gasteiger partial charge in [0.15, 0.2) is 11.5 Å². The van der Waals surface area contributed by atoms with Gasteiger partial charge >= 0.3 is 0 Å². The first kappa shape index (κ1) is 19.5. The van der Waals surface area contributed by atoms with Crippen molar-refractivity contribution in [3.05, 3.63) is 52.5 Å². The van der Waals surface area contributed by atoms with Crippen molar-refractivity contribution in [1.29, 1.82) is 0 Å². The summed E-state index contributed by atoms with van der Waals surface area (Å²) < 4.78 is 16.3. The van der Waals surface area contributed by atoms with Crippen molar-refractivity contribution in [2.75, 3.05) is 25.3 Å². The molecule has 1 amide bonds. The Balaban J connectivity index is 1.52. The van der Waals surface area contributed by atoms with Crippen LogP contribution in [0.25, 0.3) is 0 Å². The molecular formula is C21H22ClN3O4. The number of fused-ring (bicyclic) bond motifs is 1. The monoisotopic (exact) mass is 415 g/mol. The second kappa shape index (κ2) is 8.71. The lowest BCUT2D eigenvalue weighted by Gasteiger charge is -2.15. The summed E-state index contributed by atoms with van der Waals surface area (Å²) in [5.74, 6) is 1.24. The Morgan fingerprint density at radius 2 is 2.07 bits per heavy atom. The van der Waals surface area contributed by atoms with Crippen LogP contribution in [0.4, 0.5) is 5.69 Å². The van der Waals surface area contributed by atoms with Gasteiger partial charge in [-0.25, -0.2) is 4.99 Å². The average molecular weight is 416 g/mol. The number of nitrogens with zero attached hydrogens (tertiary/aromatic N) is 1. The SMILES string of the molecule is Cc1cc(Cl)ccc1NC(=NC[C@@H]1CCCO1)NC(=O)c1ccc2c(c1)OCO2. The fourth-order valence-corrected chi connectivity index (χ4v) is 3.43. The minimum Gasteiger partial charge on any atom is -0.454 e. The molecule has 1 saturated heterocycles. The number of rotatable bonds is 4. The van der Waals surface area contributed by atoms with Gasteiger partial charge in [0, 0.05) is 22.9 Å². The number of guanidine groups is 1. The van der Waals surface area contributed by atoms with Crippen molar-refractivity contribution in [1.82, 2.24) is 5.32 Å². The van der Waals surface area contributed by atoms with Crippen molar-refractivity contribution < 1.29 is 19.0 Å². The van der Waals surface area contributed by atoms with Gasteiger partial charge in [0.25, 0.3) is 5.91 Å². The third-order valence-corrected chi connectivity index (χ3v) is 5.02. The van der Waals surface area contributed by atoms with Crippen LogP contribution in [0.1, 0.15) is 28.8 Å². The first-order chi connectivity index (χ1) is 14.1. The number of carbonyl (C=O) groups excluding carboxylic acids is 1. The number of benzene rings is 2. The summed E-state index contributed by atoms with van der Waals surface area (Å²) in [7, 11) is 0. The fourth-order valence-electron chi connectivity index (χ4n) is 3.20. The van der Waals surface area contributed by atoms with E-state index in [0.717, 1.165) is 30.7 Å². The molecule has 152 valence electrons. The molecule has 0 radical (unpaired) electrons. The number of halogens is 1. The van der Waals surface area contributed by atoms with Crippen LogP contribution in [0.5, 0.6) is 11.5 Å². The number of nitrogens with one attached hydrogen (secondary N) is 2. The first-order valence-electron chi connectivity index (χ1n) is 9.49. The molecule has 2 N–H and O–H groups in total. The summed E-state index contributed by atoms with van der Waals surface area (Å²) in [6, 6.07) is 10.6. The van der Waals surface area contributed by atoms with Crippen molar-refractivity contribution in [3.63, 3.8) is 0 Å². The zero-order valence-corrected chi connectivity index (χ0v) is 16.8. The molecule has 2 aliphatic rings. The van der Waals surface area contributed by atoms with Gasteiger partial charge in [-0.3, -0.25) is 10.1 Å². The zero-order valence-electron chi connectivity index (χ0n) is 16.0. The van der Waals surface area contributed by atoms with Crippen LogP contribution in [0.3, 0.4) is 0 Å². The molecule has 2 aromatic carbocycles. The second-order valence-corrected chi connectivity index (χ2v) is 7.37. The summed E-state index contributed by atoms with van der Waals surface area (Å²) in [6.45, 7) is 3.32. The zero-order chi connectivity index (χ0) is 20.2. The molecular weight excluding hydrogens is 394 g/mol. The van der Waals surface area contributed by atoms with Crippen molar-refractivity contribution in [2.24, 2.45) is 4.99 Å². The highest BCUT2D eigenvalue weighted by atomic mass is 35.5. The van der Waals surface area contributed by atoms with E-state index in [2.05, 4.69) is 15.6 Å². The van der Waals surface area contributed by atoms with Gasteiger partial charge in [-0.15, -0.1) is 0 Å². The lowest BCUT2D eigenvalue weighted by Crippen LogP contribution is -2.37. The molecule has 0 saturated carbocycles. The second-order valence-electron chi connectivity index (χ2n) is 6.93. The van der Waals surface area contributed by atoms with Crippen LogP contribution < -0.4 is 20.1 Å². The van der Waals surface area contributed by atoms with Crippen molar-refractivity contribution in [3.8, 4) is 11.5 Å². The maximum atomic E-state index is 12.8. The predicted molar refractivity (Wildman–Crippen MR) is 111 cm³/mol. The molecule has 8 heteroatoms. The summed E-state index contributed by atoms with van der Waals surface area (Å²) in [5, 5.41) is 6.70. The van der Waals surface area contributed by atoms with E-state index in [9.17, 15) is 4.79 Å². The number of amides is 1. The molecule has 7 nitrogen and oxygen atoms in total. The topological polar surface area (TPSA) is 81.2 Å². The maximum absolute atomic E-state index is 12.8. The Labute approximate surface area is 174 Å². The molecule has 1 atom stereocenters. The molecule has 0 bridgehead atoms. The molecule has 0 unspecified atom stereocenters. The molecule has 2 aromatic rings. The quantitative estimate of drug-likeness (QED) is 0.587. The molecule has 4 rings (SSSR count). The highest BCUT2D eigenvalue weighted by Gasteiger charge is 2.19. The third kappa shape index (κ3) is 4.81. The Bertz CT molecular complexity index is 942. The number of aryl methyl sites for hydroxylation is 1. The number of hydrogen-bond acceptors (Lipinski definition) is 5. The van der Waals surface area contributed by atoms with Gasteiger partial charge in [-0.05, 0) is 61.7 Å². The highest BCUT2D eigenvalue weighted by Crippen LogP contribution is 2.32. The van der Waals surface area contributed by atoms with Gasteiger partial charge in [0.1, 0.15) is 0 Å². The van der Waals surface area contributed by atoms with Crippen LogP contribution in [-0.2, 0) is 4.74 Å². The Morgan fingerprint density at radius 1 is 1.21 bits per heavy atom.